The Morgan fingerprint density at radius 2 is 1.49 bits per heavy atom. The lowest BCUT2D eigenvalue weighted by atomic mass is 9.99. The van der Waals surface area contributed by atoms with Gasteiger partial charge in [-0.25, -0.2) is 14.7 Å². The molecule has 1 fully saturated rings. The van der Waals surface area contributed by atoms with Gasteiger partial charge in [-0.1, -0.05) is 100 Å². The zero-order valence-electron chi connectivity index (χ0n) is 24.6. The second kappa shape index (κ2) is 14.0. The van der Waals surface area contributed by atoms with Gasteiger partial charge in [0.25, 0.3) is 0 Å². The lowest BCUT2D eigenvalue weighted by molar-refractivity contribution is -0.121. The lowest BCUT2D eigenvalue weighted by Crippen LogP contribution is -2.31. The average Bonchev–Trinajstić information content (AvgIpc) is 3.39. The maximum atomic E-state index is 13.6. The third kappa shape index (κ3) is 6.92. The molecule has 8 nitrogen and oxygen atoms in total. The minimum Gasteiger partial charge on any atom is -0.454 e. The molecule has 1 aromatic heterocycles. The van der Waals surface area contributed by atoms with Crippen LogP contribution in [0.4, 0.5) is 5.69 Å². The van der Waals surface area contributed by atoms with Gasteiger partial charge < -0.3 is 4.74 Å². The number of imide groups is 1. The number of thioether (sulfide) groups is 1. The van der Waals surface area contributed by atoms with Crippen LogP contribution in [-0.4, -0.2) is 40.4 Å². The van der Waals surface area contributed by atoms with Crippen molar-refractivity contribution in [3.63, 3.8) is 0 Å². The Balaban J connectivity index is 1.20. The molecule has 10 heteroatoms. The Labute approximate surface area is 283 Å². The van der Waals surface area contributed by atoms with E-state index in [1.807, 2.05) is 66.7 Å². The van der Waals surface area contributed by atoms with Gasteiger partial charge in [-0.3, -0.25) is 14.4 Å². The molecule has 1 aliphatic heterocycles. The molecule has 1 aliphatic rings. The number of hydrogen-bond acceptors (Lipinski definition) is 8. The molecule has 230 valence electrons. The quantitative estimate of drug-likeness (QED) is 0.0880. The molecule has 0 saturated carbocycles. The van der Waals surface area contributed by atoms with Crippen LogP contribution in [-0.2, 0) is 14.3 Å². The van der Waals surface area contributed by atoms with Crippen molar-refractivity contribution >= 4 is 56.9 Å². The minimum atomic E-state index is -0.814. The van der Waals surface area contributed by atoms with E-state index in [1.165, 1.54) is 24.3 Å². The number of ether oxygens (including phenoxy) is 1. The van der Waals surface area contributed by atoms with Crippen LogP contribution in [0, 0.1) is 11.3 Å². The normalized spacial score (nSPS) is 14.1. The fourth-order valence-electron chi connectivity index (χ4n) is 5.10. The topological polar surface area (TPSA) is 117 Å². The summed E-state index contributed by atoms with van der Waals surface area (Å²) in [7, 11) is 0. The maximum absolute atomic E-state index is 13.6. The highest BCUT2D eigenvalue weighted by molar-refractivity contribution is 9.10. The molecule has 1 unspecified atom stereocenters. The van der Waals surface area contributed by atoms with Crippen molar-refractivity contribution in [3.05, 3.63) is 136 Å². The summed E-state index contributed by atoms with van der Waals surface area (Å²) < 4.78 is 6.01. The molecule has 0 radical (unpaired) electrons. The number of aromatic nitrogens is 1. The molecule has 5 aromatic rings. The van der Waals surface area contributed by atoms with Gasteiger partial charge in [0, 0.05) is 27.6 Å². The van der Waals surface area contributed by atoms with Crippen LogP contribution >= 0.6 is 27.7 Å². The SMILES string of the molecule is N#Cc1c(-c2ccccc2)cc(-c2ccccc2)nc1SC1CC(=O)N(c2ccc(C(=O)OCC(=O)c3ccc(Br)cc3)cc2)C1=O. The molecule has 0 spiro atoms. The van der Waals surface area contributed by atoms with E-state index >= 15 is 0 Å². The molecule has 4 aromatic carbocycles. The number of carbonyl (C=O) groups excluding carboxylic acids is 4. The average molecular weight is 703 g/mol. The van der Waals surface area contributed by atoms with Crippen molar-refractivity contribution in [2.75, 3.05) is 11.5 Å². The van der Waals surface area contributed by atoms with E-state index in [0.717, 1.165) is 32.3 Å². The standard InChI is InChI=1S/C37H24BrN3O5S/c38-27-15-11-25(12-16-27)32(42)22-46-37(45)26-13-17-28(18-14-26)41-34(43)20-33(36(41)44)47-35-30(21-39)29(23-7-3-1-4-8-23)19-31(40-35)24-9-5-2-6-10-24/h1-19,33H,20,22H2. The molecule has 1 saturated heterocycles. The fraction of sp³-hybridized carbons (Fsp3) is 0.0811. The second-order valence-corrected chi connectivity index (χ2v) is 12.6. The number of nitrogens with zero attached hydrogens (tertiary/aromatic N) is 3. The zero-order valence-corrected chi connectivity index (χ0v) is 27.0. The zero-order chi connectivity index (χ0) is 32.9. The number of halogens is 1. The smallest absolute Gasteiger partial charge is 0.338 e. The molecule has 0 aliphatic carbocycles. The van der Waals surface area contributed by atoms with Crippen molar-refractivity contribution in [3.8, 4) is 28.5 Å². The number of rotatable bonds is 9. The maximum Gasteiger partial charge on any atom is 0.338 e. The largest absolute Gasteiger partial charge is 0.454 e. The highest BCUT2D eigenvalue weighted by atomic mass is 79.9. The Morgan fingerprint density at radius 1 is 0.872 bits per heavy atom. The van der Waals surface area contributed by atoms with Gasteiger partial charge in [0.05, 0.1) is 27.8 Å². The number of amides is 2. The van der Waals surface area contributed by atoms with Gasteiger partial charge in [0.2, 0.25) is 11.8 Å². The van der Waals surface area contributed by atoms with Crippen LogP contribution in [0.1, 0.15) is 32.7 Å². The first-order valence-corrected chi connectivity index (χ1v) is 16.1. The van der Waals surface area contributed by atoms with Crippen LogP contribution in [0.5, 0.6) is 0 Å². The number of esters is 1. The molecule has 6 rings (SSSR count). The van der Waals surface area contributed by atoms with Crippen molar-refractivity contribution in [1.29, 1.82) is 5.26 Å². The number of nitriles is 1. The van der Waals surface area contributed by atoms with Gasteiger partial charge in [-0.05, 0) is 48.0 Å². The van der Waals surface area contributed by atoms with Gasteiger partial charge in [-0.15, -0.1) is 0 Å². The van der Waals surface area contributed by atoms with E-state index < -0.39 is 29.6 Å². The Hall–Kier alpha value is -5.37. The molecule has 2 heterocycles. The summed E-state index contributed by atoms with van der Waals surface area (Å²) >= 11 is 4.40. The summed E-state index contributed by atoms with van der Waals surface area (Å²) in [6, 6.07) is 35.7. The van der Waals surface area contributed by atoms with E-state index in [0.29, 0.717) is 33.1 Å². The van der Waals surface area contributed by atoms with Gasteiger partial charge in [0.1, 0.15) is 11.1 Å². The lowest BCUT2D eigenvalue weighted by Gasteiger charge is -2.16. The summed E-state index contributed by atoms with van der Waals surface area (Å²) in [5.41, 5.74) is 4.19. The Kier molecular flexibility index (Phi) is 9.38. The monoisotopic (exact) mass is 701 g/mol. The minimum absolute atomic E-state index is 0.0890. The predicted octanol–water partition coefficient (Wildman–Crippen LogP) is 7.51. The number of carbonyl (C=O) groups is 4. The van der Waals surface area contributed by atoms with E-state index in [9.17, 15) is 24.4 Å². The number of Topliss-reactive ketones (excluding diaryl/α,β-unsaturated/α-hetero) is 1. The summed E-state index contributed by atoms with van der Waals surface area (Å²) in [4.78, 5) is 57.6. The predicted molar refractivity (Wildman–Crippen MR) is 182 cm³/mol. The van der Waals surface area contributed by atoms with Crippen molar-refractivity contribution in [1.82, 2.24) is 4.98 Å². The molecule has 47 heavy (non-hydrogen) atoms. The van der Waals surface area contributed by atoms with E-state index in [2.05, 4.69) is 22.0 Å². The van der Waals surface area contributed by atoms with Gasteiger partial charge in [0.15, 0.2) is 12.4 Å². The number of anilines is 1. The van der Waals surface area contributed by atoms with Gasteiger partial charge in [-0.2, -0.15) is 5.26 Å². The van der Waals surface area contributed by atoms with Crippen LogP contribution < -0.4 is 4.90 Å². The fourth-order valence-corrected chi connectivity index (χ4v) is 6.49. The highest BCUT2D eigenvalue weighted by Gasteiger charge is 2.41. The summed E-state index contributed by atoms with van der Waals surface area (Å²) in [6.45, 7) is -0.430. The van der Waals surface area contributed by atoms with E-state index in [1.54, 1.807) is 24.3 Å². The molecular formula is C37H24BrN3O5S. The third-order valence-corrected chi connectivity index (χ3v) is 9.17. The number of hydrogen-bond donors (Lipinski definition) is 0. The van der Waals surface area contributed by atoms with Crippen LogP contribution in [0.25, 0.3) is 22.4 Å². The molecule has 0 bridgehead atoms. The second-order valence-electron chi connectivity index (χ2n) is 10.5. The van der Waals surface area contributed by atoms with E-state index in [4.69, 9.17) is 9.72 Å². The van der Waals surface area contributed by atoms with Gasteiger partial charge >= 0.3 is 5.97 Å². The molecule has 1 atom stereocenters. The Bertz CT molecular complexity index is 2030. The molecule has 0 N–H and O–H groups in total. The van der Waals surface area contributed by atoms with Crippen LogP contribution in [0.15, 0.2) is 125 Å². The number of benzene rings is 4. The summed E-state index contributed by atoms with van der Waals surface area (Å²) in [5, 5.41) is 9.77. The summed E-state index contributed by atoms with van der Waals surface area (Å²) in [5.74, 6) is -1.92. The van der Waals surface area contributed by atoms with Crippen LogP contribution in [0.2, 0.25) is 0 Å². The molecule has 2 amide bonds. The first-order valence-electron chi connectivity index (χ1n) is 14.5. The number of pyridine rings is 1. The third-order valence-electron chi connectivity index (χ3n) is 7.47. The first kappa shape index (κ1) is 31.6. The Morgan fingerprint density at radius 3 is 2.13 bits per heavy atom. The van der Waals surface area contributed by atoms with Crippen LogP contribution in [0.3, 0.4) is 0 Å². The highest BCUT2D eigenvalue weighted by Crippen LogP contribution is 2.39. The van der Waals surface area contributed by atoms with Crippen molar-refractivity contribution in [2.45, 2.75) is 16.7 Å². The number of ketones is 1. The van der Waals surface area contributed by atoms with Crippen molar-refractivity contribution < 1.29 is 23.9 Å². The molecular weight excluding hydrogens is 678 g/mol. The summed E-state index contributed by atoms with van der Waals surface area (Å²) in [6.07, 6.45) is -0.0890. The van der Waals surface area contributed by atoms with Crippen molar-refractivity contribution in [2.24, 2.45) is 0 Å². The first-order chi connectivity index (χ1) is 22.8. The van der Waals surface area contributed by atoms with E-state index in [-0.39, 0.29) is 17.8 Å².